The predicted molar refractivity (Wildman–Crippen MR) is 32.4 cm³/mol. The third-order valence-corrected chi connectivity index (χ3v) is 0.937. The van der Waals surface area contributed by atoms with Crippen molar-refractivity contribution in [2.75, 3.05) is 0 Å². The first-order valence-electron chi connectivity index (χ1n) is 2.61. The third kappa shape index (κ3) is 1.54. The lowest BCUT2D eigenvalue weighted by molar-refractivity contribution is 1.11. The van der Waals surface area contributed by atoms with Crippen molar-refractivity contribution in [2.45, 2.75) is 6.42 Å². The Kier molecular flexibility index (Phi) is 1.81. The summed E-state index contributed by atoms with van der Waals surface area (Å²) < 4.78 is 0. The quantitative estimate of drug-likeness (QED) is 0.549. The van der Waals surface area contributed by atoms with Crippen LogP contribution >= 0.6 is 0 Å². The van der Waals surface area contributed by atoms with Gasteiger partial charge in [0, 0.05) is 12.3 Å². The molecule has 0 aliphatic rings. The molecule has 1 rings (SSSR count). The zero-order valence-electron chi connectivity index (χ0n) is 4.83. The molecule has 2 heteroatoms. The Morgan fingerprint density at radius 1 is 1.78 bits per heavy atom. The lowest BCUT2D eigenvalue weighted by Gasteiger charge is -1.86. The van der Waals surface area contributed by atoms with Gasteiger partial charge < -0.3 is 0 Å². The fraction of sp³-hybridized carbons (Fsp3) is 0.143. The molecule has 0 aromatic carbocycles. The largest absolute Gasteiger partial charge is 0.260 e. The van der Waals surface area contributed by atoms with Gasteiger partial charge in [-0.15, -0.1) is 0 Å². The van der Waals surface area contributed by atoms with E-state index in [0.717, 1.165) is 5.69 Å². The summed E-state index contributed by atoms with van der Waals surface area (Å²) >= 11 is 0. The molecule has 43 valence electrons. The summed E-state index contributed by atoms with van der Waals surface area (Å²) in [4.78, 5) is 3.89. The summed E-state index contributed by atoms with van der Waals surface area (Å²) in [6, 6.07) is 8.31. The van der Waals surface area contributed by atoms with Gasteiger partial charge >= 0.3 is 0 Å². The molecule has 1 heterocycles. The minimum atomic E-state index is 0.384. The van der Waals surface area contributed by atoms with Crippen molar-refractivity contribution in [1.82, 2.24) is 4.98 Å². The highest BCUT2D eigenvalue weighted by molar-refractivity contribution is 5.06. The monoisotopic (exact) mass is 117 g/mol. The van der Waals surface area contributed by atoms with E-state index in [0.29, 0.717) is 6.42 Å². The molecular formula is C7H5N2. The Hall–Kier alpha value is -1.36. The van der Waals surface area contributed by atoms with Crippen LogP contribution in [0, 0.1) is 17.4 Å². The summed E-state index contributed by atoms with van der Waals surface area (Å²) in [5, 5.41) is 8.22. The molecule has 1 aromatic rings. The molecule has 1 aromatic heterocycles. The van der Waals surface area contributed by atoms with E-state index >= 15 is 0 Å². The van der Waals surface area contributed by atoms with Crippen LogP contribution in [0.5, 0.6) is 0 Å². The summed E-state index contributed by atoms with van der Waals surface area (Å²) in [7, 11) is 0. The van der Waals surface area contributed by atoms with Crippen molar-refractivity contribution in [3.63, 3.8) is 0 Å². The smallest absolute Gasteiger partial charge is 0.0774 e. The van der Waals surface area contributed by atoms with E-state index in [1.807, 2.05) is 6.07 Å². The third-order valence-electron chi connectivity index (χ3n) is 0.937. The molecule has 0 saturated carbocycles. The van der Waals surface area contributed by atoms with Gasteiger partial charge in [0.1, 0.15) is 0 Å². The molecule has 0 amide bonds. The maximum absolute atomic E-state index is 8.22. The molecule has 0 aliphatic carbocycles. The van der Waals surface area contributed by atoms with Crippen LogP contribution in [0.15, 0.2) is 18.3 Å². The lowest BCUT2D eigenvalue weighted by Crippen LogP contribution is -1.83. The van der Waals surface area contributed by atoms with Gasteiger partial charge in [-0.05, 0) is 6.07 Å². The number of pyridine rings is 1. The SMILES string of the molecule is N#CCc1cc[c]cn1. The molecule has 0 aliphatic heterocycles. The van der Waals surface area contributed by atoms with E-state index in [4.69, 9.17) is 5.26 Å². The van der Waals surface area contributed by atoms with Gasteiger partial charge in [0.25, 0.3) is 0 Å². The van der Waals surface area contributed by atoms with Gasteiger partial charge in [0.05, 0.1) is 18.2 Å². The fourth-order valence-electron chi connectivity index (χ4n) is 0.536. The summed E-state index contributed by atoms with van der Waals surface area (Å²) in [5.41, 5.74) is 0.802. The van der Waals surface area contributed by atoms with Gasteiger partial charge in [-0.3, -0.25) is 4.98 Å². The molecular weight excluding hydrogens is 112 g/mol. The first kappa shape index (κ1) is 5.77. The van der Waals surface area contributed by atoms with Crippen molar-refractivity contribution < 1.29 is 0 Å². The van der Waals surface area contributed by atoms with Crippen LogP contribution < -0.4 is 0 Å². The Bertz CT molecular complexity index is 210. The molecule has 0 saturated heterocycles. The van der Waals surface area contributed by atoms with Crippen LogP contribution in [-0.4, -0.2) is 4.98 Å². The van der Waals surface area contributed by atoms with E-state index < -0.39 is 0 Å². The van der Waals surface area contributed by atoms with E-state index in [1.54, 1.807) is 18.3 Å². The maximum atomic E-state index is 8.22. The first-order chi connectivity index (χ1) is 4.43. The Labute approximate surface area is 53.8 Å². The molecule has 0 fully saturated rings. The first-order valence-corrected chi connectivity index (χ1v) is 2.61. The van der Waals surface area contributed by atoms with Gasteiger partial charge in [-0.1, -0.05) is 6.07 Å². The number of hydrogen-bond acceptors (Lipinski definition) is 2. The van der Waals surface area contributed by atoms with Gasteiger partial charge in [-0.2, -0.15) is 5.26 Å². The molecule has 1 radical (unpaired) electrons. The predicted octanol–water partition coefficient (Wildman–Crippen LogP) is 0.948. The average Bonchev–Trinajstić information content (AvgIpc) is 1.91. The number of nitriles is 1. The minimum Gasteiger partial charge on any atom is -0.260 e. The van der Waals surface area contributed by atoms with Crippen molar-refractivity contribution in [3.8, 4) is 6.07 Å². The summed E-state index contributed by atoms with van der Waals surface area (Å²) in [6.07, 6.45) is 1.95. The minimum absolute atomic E-state index is 0.384. The van der Waals surface area contributed by atoms with E-state index in [9.17, 15) is 0 Å². The van der Waals surface area contributed by atoms with Gasteiger partial charge in [0.2, 0.25) is 0 Å². The number of rotatable bonds is 1. The highest BCUT2D eigenvalue weighted by Crippen LogP contribution is 1.91. The number of aromatic nitrogens is 1. The summed E-state index contributed by atoms with van der Waals surface area (Å²) in [6.45, 7) is 0. The van der Waals surface area contributed by atoms with Crippen LogP contribution in [0.25, 0.3) is 0 Å². The topological polar surface area (TPSA) is 36.7 Å². The standard InChI is InChI=1S/C7H5N2/c8-5-4-7-3-1-2-6-9-7/h1,3,6H,4H2. The molecule has 0 N–H and O–H groups in total. The zero-order chi connectivity index (χ0) is 6.53. The molecule has 0 spiro atoms. The van der Waals surface area contributed by atoms with Crippen LogP contribution in [0.1, 0.15) is 5.69 Å². The molecule has 0 bridgehead atoms. The molecule has 2 nitrogen and oxygen atoms in total. The van der Waals surface area contributed by atoms with Crippen LogP contribution in [0.4, 0.5) is 0 Å². The normalized spacial score (nSPS) is 8.33. The van der Waals surface area contributed by atoms with Crippen LogP contribution in [0.2, 0.25) is 0 Å². The second-order valence-electron chi connectivity index (χ2n) is 1.58. The van der Waals surface area contributed by atoms with Gasteiger partial charge in [0.15, 0.2) is 0 Å². The Balaban J connectivity index is 2.76. The van der Waals surface area contributed by atoms with Crippen molar-refractivity contribution >= 4 is 0 Å². The highest BCUT2D eigenvalue weighted by atomic mass is 14.7. The van der Waals surface area contributed by atoms with Crippen LogP contribution in [0.3, 0.4) is 0 Å². The summed E-state index contributed by atoms with van der Waals surface area (Å²) in [5.74, 6) is 0. The van der Waals surface area contributed by atoms with E-state index in [2.05, 4.69) is 11.1 Å². The van der Waals surface area contributed by atoms with Crippen LogP contribution in [-0.2, 0) is 6.42 Å². The zero-order valence-corrected chi connectivity index (χ0v) is 4.83. The second kappa shape index (κ2) is 2.83. The lowest BCUT2D eigenvalue weighted by atomic mass is 10.3. The Morgan fingerprint density at radius 3 is 3.22 bits per heavy atom. The van der Waals surface area contributed by atoms with E-state index in [1.165, 1.54) is 0 Å². The number of nitrogens with zero attached hydrogens (tertiary/aromatic N) is 2. The molecule has 0 unspecified atom stereocenters. The van der Waals surface area contributed by atoms with Crippen molar-refractivity contribution in [2.24, 2.45) is 0 Å². The van der Waals surface area contributed by atoms with Gasteiger partial charge in [-0.25, -0.2) is 0 Å². The highest BCUT2D eigenvalue weighted by Gasteiger charge is 1.86. The average molecular weight is 117 g/mol. The number of hydrogen-bond donors (Lipinski definition) is 0. The van der Waals surface area contributed by atoms with Crippen molar-refractivity contribution in [3.05, 3.63) is 30.1 Å². The molecule has 9 heavy (non-hydrogen) atoms. The second-order valence-corrected chi connectivity index (χ2v) is 1.58. The maximum Gasteiger partial charge on any atom is 0.0774 e. The van der Waals surface area contributed by atoms with Crippen molar-refractivity contribution in [1.29, 1.82) is 5.26 Å². The molecule has 0 atom stereocenters. The fourth-order valence-corrected chi connectivity index (χ4v) is 0.536. The Morgan fingerprint density at radius 2 is 2.67 bits per heavy atom. The van der Waals surface area contributed by atoms with E-state index in [-0.39, 0.29) is 0 Å².